The van der Waals surface area contributed by atoms with Crippen molar-refractivity contribution in [3.63, 3.8) is 0 Å². The van der Waals surface area contributed by atoms with Crippen LogP contribution in [-0.4, -0.2) is 24.2 Å². The summed E-state index contributed by atoms with van der Waals surface area (Å²) >= 11 is 0. The number of nitrogens with two attached hydrogens (primary N) is 1. The van der Waals surface area contributed by atoms with E-state index in [2.05, 4.69) is 88.5 Å². The molecule has 1 aliphatic carbocycles. The number of aromatic nitrogens is 1. The molecule has 1 aliphatic rings. The van der Waals surface area contributed by atoms with Crippen LogP contribution in [0.25, 0.3) is 11.6 Å². The van der Waals surface area contributed by atoms with Gasteiger partial charge >= 0.3 is 0 Å². The Kier molecular flexibility index (Phi) is 18.9. The molecule has 4 heteroatoms. The van der Waals surface area contributed by atoms with Crippen molar-refractivity contribution in [1.29, 1.82) is 0 Å². The van der Waals surface area contributed by atoms with Gasteiger partial charge in [-0.15, -0.1) is 0 Å². The van der Waals surface area contributed by atoms with Crippen LogP contribution in [0.2, 0.25) is 0 Å². The predicted octanol–water partition coefficient (Wildman–Crippen LogP) is 4.39. The fraction of sp³-hybridized carbons (Fsp3) is 0.407. The van der Waals surface area contributed by atoms with Gasteiger partial charge < -0.3 is 19.9 Å². The molecule has 0 unspecified atom stereocenters. The first-order chi connectivity index (χ1) is 14.9. The summed E-state index contributed by atoms with van der Waals surface area (Å²) < 4.78 is 2.13. The standard InChI is InChI=1S/C12H17N.C8H10.C5H11N.2CH2O/c1-5-10(6-2)11-8-9-13(4)12(11)7-3;1-7-5-3-4-6-8(7)2;6-5-3-1-2-4-5;2*1-2/h5,7-9H,1,6H2,2-4H3;3-6H,1-2H3;5H,1-4,6H2;2*1H2/b11-10+,12-7+;;;;. The van der Waals surface area contributed by atoms with Gasteiger partial charge in [-0.1, -0.05) is 62.8 Å². The van der Waals surface area contributed by atoms with E-state index in [9.17, 15) is 0 Å². The van der Waals surface area contributed by atoms with Crippen LogP contribution in [0.5, 0.6) is 0 Å². The van der Waals surface area contributed by atoms with Crippen molar-refractivity contribution in [3.8, 4) is 0 Å². The molecule has 1 heterocycles. The molecule has 1 aromatic carbocycles. The molecule has 1 fully saturated rings. The maximum Gasteiger partial charge on any atom is 0.106 e. The van der Waals surface area contributed by atoms with E-state index in [0.29, 0.717) is 6.04 Å². The SMILES string of the molecule is C=C/C(CC)=c1/ccn(C)/c1=C/C.C=O.C=O.Cc1ccccc1C.NC1CCCC1. The number of allylic oxidation sites excluding steroid dienone is 1. The molecule has 3 rings (SSSR count). The second-order valence-corrected chi connectivity index (χ2v) is 7.23. The molecule has 4 nitrogen and oxygen atoms in total. The summed E-state index contributed by atoms with van der Waals surface area (Å²) in [6.45, 7) is 16.3. The number of hydrogen-bond acceptors (Lipinski definition) is 3. The average molecular weight is 427 g/mol. The normalized spacial score (nSPS) is 13.7. The first-order valence-corrected chi connectivity index (χ1v) is 10.7. The minimum Gasteiger partial charge on any atom is -0.351 e. The molecule has 1 saturated carbocycles. The first kappa shape index (κ1) is 30.5. The summed E-state index contributed by atoms with van der Waals surface area (Å²) in [4.78, 5) is 16.0. The second kappa shape index (κ2) is 19.3. The molecule has 172 valence electrons. The summed E-state index contributed by atoms with van der Waals surface area (Å²) in [5.41, 5.74) is 9.58. The Hall–Kier alpha value is -2.72. The molecular weight excluding hydrogens is 384 g/mol. The highest BCUT2D eigenvalue weighted by Gasteiger charge is 2.07. The third kappa shape index (κ3) is 11.9. The number of rotatable bonds is 2. The number of carbonyl (C=O) groups is 2. The molecule has 1 aromatic heterocycles. The lowest BCUT2D eigenvalue weighted by atomic mass is 10.1. The summed E-state index contributed by atoms with van der Waals surface area (Å²) in [5, 5.41) is 2.58. The van der Waals surface area contributed by atoms with Gasteiger partial charge in [0, 0.05) is 29.9 Å². The molecule has 0 atom stereocenters. The Morgan fingerprint density at radius 1 is 1.06 bits per heavy atom. The largest absolute Gasteiger partial charge is 0.351 e. The van der Waals surface area contributed by atoms with E-state index < -0.39 is 0 Å². The van der Waals surface area contributed by atoms with E-state index in [0.717, 1.165) is 6.42 Å². The number of carbonyl (C=O) groups excluding carboxylic acids is 2. The number of hydrogen-bond donors (Lipinski definition) is 1. The zero-order chi connectivity index (χ0) is 24.2. The minimum absolute atomic E-state index is 0.546. The highest BCUT2D eigenvalue weighted by Crippen LogP contribution is 2.14. The summed E-state index contributed by atoms with van der Waals surface area (Å²) in [6, 6.07) is 11.1. The van der Waals surface area contributed by atoms with Crippen molar-refractivity contribution in [3.05, 3.63) is 70.9 Å². The predicted molar refractivity (Wildman–Crippen MR) is 135 cm³/mol. The van der Waals surface area contributed by atoms with Crippen LogP contribution in [0, 0.1) is 13.8 Å². The van der Waals surface area contributed by atoms with Gasteiger partial charge in [-0.2, -0.15) is 0 Å². The van der Waals surface area contributed by atoms with Crippen molar-refractivity contribution in [2.45, 2.75) is 65.8 Å². The molecule has 31 heavy (non-hydrogen) atoms. The van der Waals surface area contributed by atoms with Crippen LogP contribution in [0.4, 0.5) is 0 Å². The number of benzene rings is 1. The van der Waals surface area contributed by atoms with E-state index in [4.69, 9.17) is 15.3 Å². The molecule has 0 radical (unpaired) electrons. The molecule has 0 aliphatic heterocycles. The van der Waals surface area contributed by atoms with Gasteiger partial charge in [-0.25, -0.2) is 0 Å². The monoisotopic (exact) mass is 426 g/mol. The van der Waals surface area contributed by atoms with Crippen molar-refractivity contribution in [2.24, 2.45) is 12.8 Å². The average Bonchev–Trinajstić information content (AvgIpc) is 3.43. The van der Waals surface area contributed by atoms with E-state index in [1.807, 2.05) is 19.7 Å². The summed E-state index contributed by atoms with van der Waals surface area (Å²) in [6.07, 6.45) is 12.5. The van der Waals surface area contributed by atoms with E-state index in [1.54, 1.807) is 0 Å². The van der Waals surface area contributed by atoms with Crippen LogP contribution >= 0.6 is 0 Å². The highest BCUT2D eigenvalue weighted by atomic mass is 16.1. The molecule has 0 spiro atoms. The van der Waals surface area contributed by atoms with E-state index >= 15 is 0 Å². The Morgan fingerprint density at radius 3 is 1.84 bits per heavy atom. The van der Waals surface area contributed by atoms with Gasteiger partial charge in [0.05, 0.1) is 0 Å². The smallest absolute Gasteiger partial charge is 0.106 e. The van der Waals surface area contributed by atoms with Crippen molar-refractivity contribution in [1.82, 2.24) is 4.57 Å². The fourth-order valence-electron chi connectivity index (χ4n) is 3.24. The first-order valence-electron chi connectivity index (χ1n) is 10.7. The fourth-order valence-corrected chi connectivity index (χ4v) is 3.24. The molecule has 2 N–H and O–H groups in total. The zero-order valence-electron chi connectivity index (χ0n) is 20.2. The van der Waals surface area contributed by atoms with Crippen LogP contribution in [0.1, 0.15) is 57.1 Å². The Morgan fingerprint density at radius 2 is 1.55 bits per heavy atom. The molecule has 0 amide bonds. The maximum atomic E-state index is 8.00. The lowest BCUT2D eigenvalue weighted by Gasteiger charge is -1.94. The van der Waals surface area contributed by atoms with Crippen molar-refractivity contribution < 1.29 is 9.59 Å². The van der Waals surface area contributed by atoms with Crippen LogP contribution in [0.15, 0.2) is 49.2 Å². The summed E-state index contributed by atoms with van der Waals surface area (Å²) in [5.74, 6) is 0. The summed E-state index contributed by atoms with van der Waals surface area (Å²) in [7, 11) is 2.06. The third-order valence-electron chi connectivity index (χ3n) is 5.19. The van der Waals surface area contributed by atoms with Crippen LogP contribution < -0.4 is 16.3 Å². The van der Waals surface area contributed by atoms with Gasteiger partial charge in [0.1, 0.15) is 13.6 Å². The number of aryl methyl sites for hydroxylation is 3. The maximum absolute atomic E-state index is 8.00. The lowest BCUT2D eigenvalue weighted by molar-refractivity contribution is -0.0987. The van der Waals surface area contributed by atoms with Gasteiger partial charge in [0.25, 0.3) is 0 Å². The highest BCUT2D eigenvalue weighted by molar-refractivity contribution is 5.55. The Bertz CT molecular complexity index is 823. The van der Waals surface area contributed by atoms with Crippen LogP contribution in [0.3, 0.4) is 0 Å². The zero-order valence-corrected chi connectivity index (χ0v) is 20.2. The second-order valence-electron chi connectivity index (χ2n) is 7.23. The third-order valence-corrected chi connectivity index (χ3v) is 5.19. The minimum atomic E-state index is 0.546. The molecule has 2 aromatic rings. The van der Waals surface area contributed by atoms with Gasteiger partial charge in [-0.3, -0.25) is 0 Å². The van der Waals surface area contributed by atoms with Crippen LogP contribution in [-0.2, 0) is 16.6 Å². The molecular formula is C27H42N2O2. The number of nitrogens with zero attached hydrogens (tertiary/aromatic N) is 1. The molecule has 0 saturated heterocycles. The topological polar surface area (TPSA) is 65.1 Å². The van der Waals surface area contributed by atoms with Crippen molar-refractivity contribution in [2.75, 3.05) is 0 Å². The van der Waals surface area contributed by atoms with Gasteiger partial charge in [-0.05, 0) is 62.8 Å². The Balaban J connectivity index is 0. The lowest BCUT2D eigenvalue weighted by Crippen LogP contribution is -2.28. The van der Waals surface area contributed by atoms with E-state index in [-0.39, 0.29) is 0 Å². The molecule has 0 bridgehead atoms. The van der Waals surface area contributed by atoms with Gasteiger partial charge in [0.15, 0.2) is 0 Å². The van der Waals surface area contributed by atoms with Gasteiger partial charge in [0.2, 0.25) is 0 Å². The van der Waals surface area contributed by atoms with E-state index in [1.165, 1.54) is 53.0 Å². The van der Waals surface area contributed by atoms with Crippen molar-refractivity contribution >= 4 is 25.2 Å². The quantitative estimate of drug-likeness (QED) is 0.774. The Labute approximate surface area is 189 Å².